The first-order chi connectivity index (χ1) is 6.13. The highest BCUT2D eigenvalue weighted by molar-refractivity contribution is 9.10. The van der Waals surface area contributed by atoms with Crippen molar-refractivity contribution in [1.82, 2.24) is 0 Å². The molecule has 13 heavy (non-hydrogen) atoms. The molecule has 0 fully saturated rings. The van der Waals surface area contributed by atoms with Crippen molar-refractivity contribution in [3.63, 3.8) is 0 Å². The number of terminal acetylenes is 1. The monoisotopic (exact) mass is 256 g/mol. The maximum atomic E-state index is 11.3. The number of halogens is 2. The third-order valence-corrected chi connectivity index (χ3v) is 2.12. The van der Waals surface area contributed by atoms with Crippen LogP contribution < -0.4 is 0 Å². The van der Waals surface area contributed by atoms with Crippen molar-refractivity contribution < 1.29 is 4.79 Å². The Morgan fingerprint density at radius 1 is 1.54 bits per heavy atom. The van der Waals surface area contributed by atoms with Crippen molar-refractivity contribution >= 4 is 33.3 Å². The highest BCUT2D eigenvalue weighted by atomic mass is 79.9. The molecule has 0 amide bonds. The number of benzene rings is 1. The molecule has 0 aliphatic carbocycles. The average molecular weight is 258 g/mol. The molecule has 1 aromatic rings. The summed E-state index contributed by atoms with van der Waals surface area (Å²) in [5.41, 5.74) is 0.539. The fourth-order valence-electron chi connectivity index (χ4n) is 0.910. The normalized spacial score (nSPS) is 9.31. The summed E-state index contributed by atoms with van der Waals surface area (Å²) in [6.07, 6.45) is 5.13. The van der Waals surface area contributed by atoms with Crippen LogP contribution in [0.5, 0.6) is 0 Å². The largest absolute Gasteiger partial charge is 0.293 e. The van der Waals surface area contributed by atoms with Gasteiger partial charge in [-0.2, -0.15) is 0 Å². The van der Waals surface area contributed by atoms with Gasteiger partial charge in [-0.05, 0) is 18.2 Å². The molecule has 0 N–H and O–H groups in total. The van der Waals surface area contributed by atoms with Gasteiger partial charge in [0.25, 0.3) is 0 Å². The van der Waals surface area contributed by atoms with Gasteiger partial charge in [0.05, 0.1) is 6.42 Å². The third kappa shape index (κ3) is 2.87. The Morgan fingerprint density at radius 3 is 2.77 bits per heavy atom. The predicted molar refractivity (Wildman–Crippen MR) is 56.9 cm³/mol. The molecule has 1 aromatic carbocycles. The lowest BCUT2D eigenvalue weighted by atomic mass is 10.1. The summed E-state index contributed by atoms with van der Waals surface area (Å²) in [5.74, 6) is 2.20. The number of hydrogen-bond donors (Lipinski definition) is 0. The predicted octanol–water partition coefficient (Wildman–Crippen LogP) is 3.31. The molecule has 0 saturated heterocycles. The van der Waals surface area contributed by atoms with Crippen LogP contribution in [0, 0.1) is 12.3 Å². The molecule has 0 aliphatic heterocycles. The summed E-state index contributed by atoms with van der Waals surface area (Å²) in [4.78, 5) is 11.3. The number of carbonyl (C=O) groups is 1. The molecule has 0 spiro atoms. The Hall–Kier alpha value is -0.780. The quantitative estimate of drug-likeness (QED) is 0.587. The molecule has 0 heterocycles. The van der Waals surface area contributed by atoms with Gasteiger partial charge in [0.2, 0.25) is 0 Å². The highest BCUT2D eigenvalue weighted by Crippen LogP contribution is 2.20. The zero-order chi connectivity index (χ0) is 9.84. The Bertz CT molecular complexity index is 359. The summed E-state index contributed by atoms with van der Waals surface area (Å²) in [7, 11) is 0. The highest BCUT2D eigenvalue weighted by Gasteiger charge is 2.05. The molecule has 0 atom stereocenters. The van der Waals surface area contributed by atoms with E-state index in [1.165, 1.54) is 0 Å². The number of carbonyl (C=O) groups excluding carboxylic acids is 1. The summed E-state index contributed by atoms with van der Waals surface area (Å²) in [6, 6.07) is 5.02. The van der Waals surface area contributed by atoms with Gasteiger partial charge in [-0.3, -0.25) is 4.79 Å². The zero-order valence-electron chi connectivity index (χ0n) is 6.68. The molecule has 0 unspecified atom stereocenters. The second-order valence-corrected chi connectivity index (χ2v) is 3.81. The van der Waals surface area contributed by atoms with E-state index in [1.54, 1.807) is 18.2 Å². The molecule has 1 nitrogen and oxygen atoms in total. The maximum absolute atomic E-state index is 11.3. The molecule has 3 heteroatoms. The smallest absolute Gasteiger partial charge is 0.174 e. The number of rotatable bonds is 2. The van der Waals surface area contributed by atoms with Crippen LogP contribution in [0.4, 0.5) is 0 Å². The van der Waals surface area contributed by atoms with E-state index in [0.717, 1.165) is 4.47 Å². The van der Waals surface area contributed by atoms with Crippen LogP contribution in [-0.4, -0.2) is 5.78 Å². The molecule has 0 saturated carbocycles. The van der Waals surface area contributed by atoms with E-state index in [2.05, 4.69) is 21.9 Å². The SMILES string of the molecule is C#CCC(=O)c1cc(Cl)cc(Br)c1. The minimum atomic E-state index is -0.0919. The first-order valence-corrected chi connectivity index (χ1v) is 4.73. The van der Waals surface area contributed by atoms with Crippen LogP contribution in [0.3, 0.4) is 0 Å². The minimum absolute atomic E-state index is 0.0919. The number of ketones is 1. The molecule has 0 aromatic heterocycles. The van der Waals surface area contributed by atoms with E-state index in [0.29, 0.717) is 10.6 Å². The van der Waals surface area contributed by atoms with Crippen LogP contribution in [0.2, 0.25) is 5.02 Å². The van der Waals surface area contributed by atoms with E-state index >= 15 is 0 Å². The van der Waals surface area contributed by atoms with Gasteiger partial charge in [0.1, 0.15) is 0 Å². The van der Waals surface area contributed by atoms with Gasteiger partial charge in [0, 0.05) is 15.1 Å². The van der Waals surface area contributed by atoms with Gasteiger partial charge in [-0.1, -0.05) is 33.5 Å². The Kier molecular flexibility index (Phi) is 3.53. The summed E-state index contributed by atoms with van der Waals surface area (Å²) in [5, 5.41) is 0.523. The molecule has 0 bridgehead atoms. The van der Waals surface area contributed by atoms with Gasteiger partial charge in [-0.15, -0.1) is 6.42 Å². The fourth-order valence-corrected chi connectivity index (χ4v) is 1.77. The minimum Gasteiger partial charge on any atom is -0.293 e. The average Bonchev–Trinajstić information content (AvgIpc) is 2.03. The number of Topliss-reactive ketones (excluding diaryl/α,β-unsaturated/α-hetero) is 1. The van der Waals surface area contributed by atoms with Gasteiger partial charge >= 0.3 is 0 Å². The molecule has 66 valence electrons. The van der Waals surface area contributed by atoms with Crippen LogP contribution in [0.15, 0.2) is 22.7 Å². The van der Waals surface area contributed by atoms with E-state index < -0.39 is 0 Å². The van der Waals surface area contributed by atoms with Crippen LogP contribution in [0.1, 0.15) is 16.8 Å². The summed E-state index contributed by atoms with van der Waals surface area (Å²) in [6.45, 7) is 0. The second kappa shape index (κ2) is 4.45. The fraction of sp³-hybridized carbons (Fsp3) is 0.100. The lowest BCUT2D eigenvalue weighted by molar-refractivity contribution is 0.0998. The van der Waals surface area contributed by atoms with E-state index in [-0.39, 0.29) is 12.2 Å². The second-order valence-electron chi connectivity index (χ2n) is 2.46. The molecule has 0 radical (unpaired) electrons. The van der Waals surface area contributed by atoms with Crippen LogP contribution in [-0.2, 0) is 0 Å². The van der Waals surface area contributed by atoms with Gasteiger partial charge < -0.3 is 0 Å². The van der Waals surface area contributed by atoms with Crippen molar-refractivity contribution in [2.75, 3.05) is 0 Å². The Labute approximate surface area is 90.2 Å². The topological polar surface area (TPSA) is 17.1 Å². The maximum Gasteiger partial charge on any atom is 0.174 e. The Morgan fingerprint density at radius 2 is 2.23 bits per heavy atom. The lowest BCUT2D eigenvalue weighted by Crippen LogP contribution is -1.96. The van der Waals surface area contributed by atoms with Gasteiger partial charge in [-0.25, -0.2) is 0 Å². The standard InChI is InChI=1S/C10H6BrClO/c1-2-3-10(13)7-4-8(11)6-9(12)5-7/h1,4-6H,3H2. The van der Waals surface area contributed by atoms with E-state index in [9.17, 15) is 4.79 Å². The molecule has 1 rings (SSSR count). The molecular weight excluding hydrogens is 251 g/mol. The van der Waals surface area contributed by atoms with Crippen molar-refractivity contribution in [1.29, 1.82) is 0 Å². The van der Waals surface area contributed by atoms with Gasteiger partial charge in [0.15, 0.2) is 5.78 Å². The Balaban J connectivity index is 3.02. The van der Waals surface area contributed by atoms with Crippen LogP contribution >= 0.6 is 27.5 Å². The van der Waals surface area contributed by atoms with Crippen molar-refractivity contribution in [3.8, 4) is 12.3 Å². The summed E-state index contributed by atoms with van der Waals surface area (Å²) < 4.78 is 0.778. The lowest BCUT2D eigenvalue weighted by Gasteiger charge is -1.99. The third-order valence-electron chi connectivity index (χ3n) is 1.45. The number of hydrogen-bond acceptors (Lipinski definition) is 1. The van der Waals surface area contributed by atoms with E-state index in [4.69, 9.17) is 18.0 Å². The first-order valence-electron chi connectivity index (χ1n) is 3.56. The van der Waals surface area contributed by atoms with Crippen molar-refractivity contribution in [2.24, 2.45) is 0 Å². The van der Waals surface area contributed by atoms with E-state index in [1.807, 2.05) is 0 Å². The summed E-state index contributed by atoms with van der Waals surface area (Å²) >= 11 is 9.00. The molecular formula is C10H6BrClO. The van der Waals surface area contributed by atoms with Crippen molar-refractivity contribution in [2.45, 2.75) is 6.42 Å². The van der Waals surface area contributed by atoms with Crippen LogP contribution in [0.25, 0.3) is 0 Å². The van der Waals surface area contributed by atoms with Crippen molar-refractivity contribution in [3.05, 3.63) is 33.3 Å². The zero-order valence-corrected chi connectivity index (χ0v) is 9.02. The molecule has 0 aliphatic rings. The first kappa shape index (κ1) is 10.3.